The van der Waals surface area contributed by atoms with Crippen molar-refractivity contribution < 1.29 is 30.0 Å². The highest BCUT2D eigenvalue weighted by molar-refractivity contribution is 8.00. The van der Waals surface area contributed by atoms with Crippen LogP contribution in [-0.4, -0.2) is 62.3 Å². The van der Waals surface area contributed by atoms with Crippen molar-refractivity contribution in [2.75, 3.05) is 12.4 Å². The van der Waals surface area contributed by atoms with E-state index in [-0.39, 0.29) is 24.2 Å². The number of carboxylic acids is 1. The highest BCUT2D eigenvalue weighted by Gasteiger charge is 2.41. The van der Waals surface area contributed by atoms with Crippen LogP contribution in [0.2, 0.25) is 5.02 Å². The Balaban J connectivity index is 1.73. The Morgan fingerprint density at radius 3 is 2.75 bits per heavy atom. The maximum Gasteiger partial charge on any atom is 0.303 e. The standard InChI is InChI=1S/C20H29ClO6S/c21-13-5-4-6-15(9-13)27-11-14(22)12-28-20-16(17(23)10-18(20)24)7-2-1-3-8-19(25)26/h4-6,9,14,16-18,20,22-24H,1-3,7-8,10-12H2,(H,25,26). The number of carbonyl (C=O) groups is 1. The predicted molar refractivity (Wildman–Crippen MR) is 110 cm³/mol. The number of hydrogen-bond donors (Lipinski definition) is 4. The van der Waals surface area contributed by atoms with E-state index in [1.165, 1.54) is 11.8 Å². The molecule has 2 rings (SSSR count). The van der Waals surface area contributed by atoms with Gasteiger partial charge >= 0.3 is 5.97 Å². The number of halogens is 1. The summed E-state index contributed by atoms with van der Waals surface area (Å²) in [4.78, 5) is 10.6. The Labute approximate surface area is 174 Å². The van der Waals surface area contributed by atoms with Crippen LogP contribution in [0.4, 0.5) is 0 Å². The number of thioether (sulfide) groups is 1. The fraction of sp³-hybridized carbons (Fsp3) is 0.650. The lowest BCUT2D eigenvalue weighted by Gasteiger charge is -2.24. The highest BCUT2D eigenvalue weighted by atomic mass is 35.5. The lowest BCUT2D eigenvalue weighted by molar-refractivity contribution is -0.137. The molecule has 5 atom stereocenters. The van der Waals surface area contributed by atoms with E-state index in [1.54, 1.807) is 24.3 Å². The Bertz CT molecular complexity index is 616. The molecule has 0 aliphatic heterocycles. The first kappa shape index (κ1) is 23.3. The second-order valence-corrected chi connectivity index (χ2v) is 8.89. The summed E-state index contributed by atoms with van der Waals surface area (Å²) in [6.07, 6.45) is 1.60. The van der Waals surface area contributed by atoms with Crippen molar-refractivity contribution in [1.82, 2.24) is 0 Å². The molecule has 1 aliphatic rings. The van der Waals surface area contributed by atoms with Gasteiger partial charge in [0.1, 0.15) is 12.4 Å². The molecule has 28 heavy (non-hydrogen) atoms. The molecule has 1 fully saturated rings. The van der Waals surface area contributed by atoms with Gasteiger partial charge in [0.25, 0.3) is 0 Å². The van der Waals surface area contributed by atoms with Crippen LogP contribution in [-0.2, 0) is 4.79 Å². The van der Waals surface area contributed by atoms with E-state index in [4.69, 9.17) is 21.4 Å². The molecule has 0 amide bonds. The van der Waals surface area contributed by atoms with Gasteiger partial charge in [-0.3, -0.25) is 4.79 Å². The number of aliphatic carboxylic acids is 1. The number of hydrogen-bond acceptors (Lipinski definition) is 6. The van der Waals surface area contributed by atoms with E-state index in [9.17, 15) is 20.1 Å². The quantitative estimate of drug-likeness (QED) is 0.376. The van der Waals surface area contributed by atoms with E-state index < -0.39 is 24.3 Å². The zero-order valence-corrected chi connectivity index (χ0v) is 17.3. The summed E-state index contributed by atoms with van der Waals surface area (Å²) in [7, 11) is 0. The molecular formula is C20H29ClO6S. The van der Waals surface area contributed by atoms with Crippen molar-refractivity contribution in [3.8, 4) is 5.75 Å². The molecule has 1 aromatic carbocycles. The van der Waals surface area contributed by atoms with E-state index in [1.807, 2.05) is 0 Å². The third-order valence-corrected chi connectivity index (χ3v) is 6.79. The lowest BCUT2D eigenvalue weighted by atomic mass is 9.97. The topological polar surface area (TPSA) is 107 Å². The number of ether oxygens (including phenoxy) is 1. The van der Waals surface area contributed by atoms with Gasteiger partial charge in [0.15, 0.2) is 0 Å². The van der Waals surface area contributed by atoms with Gasteiger partial charge in [-0.05, 0) is 37.0 Å². The average molecular weight is 433 g/mol. The summed E-state index contributed by atoms with van der Waals surface area (Å²) < 4.78 is 5.54. The molecule has 0 aromatic heterocycles. The summed E-state index contributed by atoms with van der Waals surface area (Å²) in [6, 6.07) is 6.97. The van der Waals surface area contributed by atoms with Crippen molar-refractivity contribution in [1.29, 1.82) is 0 Å². The Morgan fingerprint density at radius 1 is 1.25 bits per heavy atom. The van der Waals surface area contributed by atoms with Gasteiger partial charge in [-0.15, -0.1) is 0 Å². The summed E-state index contributed by atoms with van der Waals surface area (Å²) in [5.41, 5.74) is 0. The molecular weight excluding hydrogens is 404 g/mol. The average Bonchev–Trinajstić information content (AvgIpc) is 2.90. The van der Waals surface area contributed by atoms with Gasteiger partial charge < -0.3 is 25.2 Å². The maximum absolute atomic E-state index is 10.6. The normalized spacial score (nSPS) is 25.6. The number of unbranched alkanes of at least 4 members (excludes halogenated alkanes) is 2. The highest BCUT2D eigenvalue weighted by Crippen LogP contribution is 2.39. The van der Waals surface area contributed by atoms with Gasteiger partial charge in [-0.25, -0.2) is 0 Å². The van der Waals surface area contributed by atoms with Crippen molar-refractivity contribution in [2.24, 2.45) is 5.92 Å². The van der Waals surface area contributed by atoms with Gasteiger partial charge in [0, 0.05) is 28.9 Å². The van der Waals surface area contributed by atoms with Gasteiger partial charge in [-0.1, -0.05) is 30.5 Å². The van der Waals surface area contributed by atoms with Crippen LogP contribution in [0.3, 0.4) is 0 Å². The number of benzene rings is 1. The molecule has 0 heterocycles. The molecule has 1 aliphatic carbocycles. The first-order valence-electron chi connectivity index (χ1n) is 9.62. The third kappa shape index (κ3) is 7.79. The first-order chi connectivity index (χ1) is 13.4. The minimum Gasteiger partial charge on any atom is -0.491 e. The minimum absolute atomic E-state index is 0.0501. The van der Waals surface area contributed by atoms with Crippen LogP contribution in [0.5, 0.6) is 5.75 Å². The van der Waals surface area contributed by atoms with Crippen LogP contribution in [0.15, 0.2) is 24.3 Å². The van der Waals surface area contributed by atoms with Crippen LogP contribution in [0.1, 0.15) is 38.5 Å². The van der Waals surface area contributed by atoms with E-state index in [2.05, 4.69) is 0 Å². The molecule has 4 N–H and O–H groups in total. The number of carboxylic acid groups (broad SMARTS) is 1. The van der Waals surface area contributed by atoms with Crippen LogP contribution in [0, 0.1) is 5.92 Å². The molecule has 1 saturated carbocycles. The third-order valence-electron chi connectivity index (χ3n) is 4.93. The first-order valence-corrected chi connectivity index (χ1v) is 11.1. The number of aliphatic hydroxyl groups excluding tert-OH is 3. The van der Waals surface area contributed by atoms with Crippen molar-refractivity contribution in [3.63, 3.8) is 0 Å². The molecule has 0 saturated heterocycles. The van der Waals surface area contributed by atoms with E-state index in [0.29, 0.717) is 29.4 Å². The molecule has 5 unspecified atom stereocenters. The van der Waals surface area contributed by atoms with E-state index in [0.717, 1.165) is 19.3 Å². The molecule has 0 bridgehead atoms. The van der Waals surface area contributed by atoms with Crippen LogP contribution in [0.25, 0.3) is 0 Å². The SMILES string of the molecule is O=C(O)CCCCCC1C(O)CC(O)C1SCC(O)COc1cccc(Cl)c1. The summed E-state index contributed by atoms with van der Waals surface area (Å²) in [5, 5.41) is 39.8. The fourth-order valence-electron chi connectivity index (χ4n) is 3.50. The van der Waals surface area contributed by atoms with Crippen molar-refractivity contribution >= 4 is 29.3 Å². The second kappa shape index (κ2) is 11.9. The van der Waals surface area contributed by atoms with Gasteiger partial charge in [0.05, 0.1) is 18.3 Å². The summed E-state index contributed by atoms with van der Waals surface area (Å²) >= 11 is 7.36. The minimum atomic E-state index is -0.793. The number of rotatable bonds is 12. The number of aliphatic hydroxyl groups is 3. The molecule has 8 heteroatoms. The van der Waals surface area contributed by atoms with Crippen molar-refractivity contribution in [3.05, 3.63) is 29.3 Å². The smallest absolute Gasteiger partial charge is 0.303 e. The second-order valence-electron chi connectivity index (χ2n) is 7.25. The zero-order valence-electron chi connectivity index (χ0n) is 15.7. The molecule has 158 valence electrons. The maximum atomic E-state index is 10.6. The summed E-state index contributed by atoms with van der Waals surface area (Å²) in [6.45, 7) is 0.124. The van der Waals surface area contributed by atoms with Gasteiger partial charge in [-0.2, -0.15) is 11.8 Å². The Kier molecular flexibility index (Phi) is 9.88. The monoisotopic (exact) mass is 432 g/mol. The summed E-state index contributed by atoms with van der Waals surface area (Å²) in [5.74, 6) is 0.140. The lowest BCUT2D eigenvalue weighted by Crippen LogP contribution is -2.28. The Hall–Kier alpha value is -0.990. The molecule has 0 spiro atoms. The Morgan fingerprint density at radius 2 is 2.04 bits per heavy atom. The molecule has 0 radical (unpaired) electrons. The zero-order chi connectivity index (χ0) is 20.5. The molecule has 1 aromatic rings. The molecule has 6 nitrogen and oxygen atoms in total. The predicted octanol–water partition coefficient (Wildman–Crippen LogP) is 2.96. The van der Waals surface area contributed by atoms with E-state index >= 15 is 0 Å². The largest absolute Gasteiger partial charge is 0.491 e. The van der Waals surface area contributed by atoms with Gasteiger partial charge in [0.2, 0.25) is 0 Å². The van der Waals surface area contributed by atoms with Crippen LogP contribution >= 0.6 is 23.4 Å². The fourth-order valence-corrected chi connectivity index (χ4v) is 5.12. The van der Waals surface area contributed by atoms with Crippen LogP contribution < -0.4 is 4.74 Å². The van der Waals surface area contributed by atoms with Crippen molar-refractivity contribution in [2.45, 2.75) is 62.1 Å².